The molecule has 0 radical (unpaired) electrons. The molecule has 2 N–H and O–H groups in total. The summed E-state index contributed by atoms with van der Waals surface area (Å²) in [6.45, 7) is 14.6. The van der Waals surface area contributed by atoms with Gasteiger partial charge in [-0.3, -0.25) is 9.89 Å². The minimum Gasteiger partial charge on any atom is -0.381 e. The number of nitrogens with zero attached hydrogens (tertiary/aromatic N) is 2. The molecule has 2 rings (SSSR count). The van der Waals surface area contributed by atoms with Gasteiger partial charge in [0, 0.05) is 44.9 Å². The Balaban J connectivity index is 1.61. The summed E-state index contributed by atoms with van der Waals surface area (Å²) in [5, 5.41) is 7.04. The lowest BCUT2D eigenvalue weighted by Crippen LogP contribution is -2.46. The van der Waals surface area contributed by atoms with Gasteiger partial charge in [-0.2, -0.15) is 0 Å². The van der Waals surface area contributed by atoms with E-state index >= 15 is 0 Å². The van der Waals surface area contributed by atoms with E-state index < -0.39 is 0 Å². The maximum Gasteiger partial charge on any atom is 0.191 e. The van der Waals surface area contributed by atoms with Crippen LogP contribution in [-0.4, -0.2) is 62.3 Å². The largest absolute Gasteiger partial charge is 0.381 e. The van der Waals surface area contributed by atoms with E-state index in [4.69, 9.17) is 9.73 Å². The van der Waals surface area contributed by atoms with Gasteiger partial charge in [-0.1, -0.05) is 37.3 Å². The van der Waals surface area contributed by atoms with Crippen LogP contribution in [0.15, 0.2) is 35.3 Å². The fraction of sp³-hybridized carbons (Fsp3) is 0.696. The van der Waals surface area contributed by atoms with Gasteiger partial charge in [0.05, 0.1) is 6.61 Å². The second-order valence-corrected chi connectivity index (χ2v) is 8.09. The van der Waals surface area contributed by atoms with Crippen LogP contribution in [0.3, 0.4) is 0 Å². The Morgan fingerprint density at radius 1 is 1.18 bits per heavy atom. The summed E-state index contributed by atoms with van der Waals surface area (Å²) in [5.41, 5.74) is 1.34. The number of rotatable bonds is 11. The standard InChI is InChI=1S/C23H40N4O/c1-5-24-23(26-22-18-27(19(2)3)17-20(22)4)25-14-9-10-15-28-16-13-21-11-7-6-8-12-21/h6-8,11-12,19-20,22H,5,9-10,13-18H2,1-4H3,(H2,24,25,26). The first-order chi connectivity index (χ1) is 13.6. The van der Waals surface area contributed by atoms with Gasteiger partial charge in [-0.15, -0.1) is 0 Å². The third-order valence-electron chi connectivity index (χ3n) is 5.38. The number of guanidine groups is 1. The molecule has 28 heavy (non-hydrogen) atoms. The highest BCUT2D eigenvalue weighted by Crippen LogP contribution is 2.18. The summed E-state index contributed by atoms with van der Waals surface area (Å²) in [6.07, 6.45) is 3.10. The smallest absolute Gasteiger partial charge is 0.191 e. The van der Waals surface area contributed by atoms with Crippen LogP contribution in [0.5, 0.6) is 0 Å². The Kier molecular flexibility index (Phi) is 10.4. The van der Waals surface area contributed by atoms with Crippen LogP contribution < -0.4 is 10.6 Å². The number of likely N-dealkylation sites (tertiary alicyclic amines) is 1. The summed E-state index contributed by atoms with van der Waals surface area (Å²) >= 11 is 0. The molecule has 2 unspecified atom stereocenters. The normalized spacial score (nSPS) is 20.7. The second-order valence-electron chi connectivity index (χ2n) is 8.09. The van der Waals surface area contributed by atoms with Crippen molar-refractivity contribution in [1.29, 1.82) is 0 Å². The summed E-state index contributed by atoms with van der Waals surface area (Å²) in [5.74, 6) is 1.60. The van der Waals surface area contributed by atoms with E-state index in [-0.39, 0.29) is 0 Å². The molecular weight excluding hydrogens is 348 g/mol. The maximum absolute atomic E-state index is 5.76. The SMILES string of the molecule is CCNC(=NCCCCOCCc1ccccc1)NC1CN(C(C)C)CC1C. The fourth-order valence-corrected chi connectivity index (χ4v) is 3.55. The van der Waals surface area contributed by atoms with Crippen molar-refractivity contribution in [3.8, 4) is 0 Å². The molecule has 0 spiro atoms. The molecular formula is C23H40N4O. The number of nitrogens with one attached hydrogen (secondary N) is 2. The monoisotopic (exact) mass is 388 g/mol. The molecule has 1 heterocycles. The molecule has 0 aromatic heterocycles. The van der Waals surface area contributed by atoms with E-state index in [2.05, 4.69) is 73.6 Å². The van der Waals surface area contributed by atoms with Crippen LogP contribution in [0.2, 0.25) is 0 Å². The zero-order valence-electron chi connectivity index (χ0n) is 18.3. The third-order valence-corrected chi connectivity index (χ3v) is 5.38. The Labute approximate surface area is 171 Å². The van der Waals surface area contributed by atoms with Crippen molar-refractivity contribution in [1.82, 2.24) is 15.5 Å². The van der Waals surface area contributed by atoms with Crippen LogP contribution >= 0.6 is 0 Å². The Hall–Kier alpha value is -1.59. The lowest BCUT2D eigenvalue weighted by Gasteiger charge is -2.21. The summed E-state index contributed by atoms with van der Waals surface area (Å²) < 4.78 is 5.76. The molecule has 0 aliphatic carbocycles. The number of ether oxygens (including phenoxy) is 1. The van der Waals surface area contributed by atoms with E-state index in [1.54, 1.807) is 0 Å². The summed E-state index contributed by atoms with van der Waals surface area (Å²) in [4.78, 5) is 7.31. The van der Waals surface area contributed by atoms with Crippen LogP contribution in [0.25, 0.3) is 0 Å². The minimum absolute atomic E-state index is 0.474. The molecule has 1 fully saturated rings. The van der Waals surface area contributed by atoms with Gasteiger partial charge >= 0.3 is 0 Å². The van der Waals surface area contributed by atoms with Crippen molar-refractivity contribution in [2.75, 3.05) is 39.4 Å². The molecule has 1 aromatic rings. The van der Waals surface area contributed by atoms with Crippen LogP contribution in [0.4, 0.5) is 0 Å². The molecule has 1 saturated heterocycles. The van der Waals surface area contributed by atoms with Crippen molar-refractivity contribution in [3.05, 3.63) is 35.9 Å². The van der Waals surface area contributed by atoms with Crippen LogP contribution in [0.1, 0.15) is 46.1 Å². The first-order valence-electron chi connectivity index (χ1n) is 11.0. The number of hydrogen-bond donors (Lipinski definition) is 2. The predicted octanol–water partition coefficient (Wildman–Crippen LogP) is 3.31. The van der Waals surface area contributed by atoms with Crippen molar-refractivity contribution in [3.63, 3.8) is 0 Å². The molecule has 0 amide bonds. The van der Waals surface area contributed by atoms with E-state index in [0.717, 1.165) is 64.6 Å². The van der Waals surface area contributed by atoms with E-state index in [1.807, 2.05) is 0 Å². The lowest BCUT2D eigenvalue weighted by atomic mass is 10.1. The Morgan fingerprint density at radius 3 is 2.64 bits per heavy atom. The molecule has 5 nitrogen and oxygen atoms in total. The number of benzene rings is 1. The molecule has 1 aliphatic heterocycles. The molecule has 0 bridgehead atoms. The van der Waals surface area contributed by atoms with Crippen molar-refractivity contribution >= 4 is 5.96 Å². The number of aliphatic imine (C=N–C) groups is 1. The minimum atomic E-state index is 0.474. The maximum atomic E-state index is 5.76. The zero-order chi connectivity index (χ0) is 20.2. The molecule has 0 saturated carbocycles. The van der Waals surface area contributed by atoms with Crippen LogP contribution in [0, 0.1) is 5.92 Å². The fourth-order valence-electron chi connectivity index (χ4n) is 3.55. The van der Waals surface area contributed by atoms with Gasteiger partial charge in [0.2, 0.25) is 0 Å². The molecule has 2 atom stereocenters. The number of hydrogen-bond acceptors (Lipinski definition) is 3. The first kappa shape index (κ1) is 22.7. The first-order valence-corrected chi connectivity index (χ1v) is 11.0. The predicted molar refractivity (Wildman–Crippen MR) is 119 cm³/mol. The average Bonchev–Trinajstić information content (AvgIpc) is 3.05. The molecule has 1 aromatic carbocycles. The second kappa shape index (κ2) is 12.8. The highest BCUT2D eigenvalue weighted by molar-refractivity contribution is 5.80. The number of unbranched alkanes of at least 4 members (excludes halogenated alkanes) is 1. The summed E-state index contributed by atoms with van der Waals surface area (Å²) in [6, 6.07) is 11.6. The highest BCUT2D eigenvalue weighted by Gasteiger charge is 2.31. The third kappa shape index (κ3) is 8.19. The molecule has 158 valence electrons. The van der Waals surface area contributed by atoms with Crippen molar-refractivity contribution in [2.45, 2.75) is 59.0 Å². The van der Waals surface area contributed by atoms with Crippen LogP contribution in [-0.2, 0) is 11.2 Å². The van der Waals surface area contributed by atoms with Gasteiger partial charge in [-0.25, -0.2) is 0 Å². The highest BCUT2D eigenvalue weighted by atomic mass is 16.5. The molecule has 1 aliphatic rings. The average molecular weight is 389 g/mol. The van der Waals surface area contributed by atoms with E-state index in [9.17, 15) is 0 Å². The van der Waals surface area contributed by atoms with Gasteiger partial charge in [-0.05, 0) is 51.5 Å². The van der Waals surface area contributed by atoms with Crippen molar-refractivity contribution in [2.24, 2.45) is 10.9 Å². The quantitative estimate of drug-likeness (QED) is 0.347. The molecule has 5 heteroatoms. The van der Waals surface area contributed by atoms with Gasteiger partial charge < -0.3 is 15.4 Å². The van der Waals surface area contributed by atoms with Gasteiger partial charge in [0.25, 0.3) is 0 Å². The Morgan fingerprint density at radius 2 is 1.96 bits per heavy atom. The van der Waals surface area contributed by atoms with E-state index in [0.29, 0.717) is 18.0 Å². The topological polar surface area (TPSA) is 48.9 Å². The van der Waals surface area contributed by atoms with Gasteiger partial charge in [0.15, 0.2) is 5.96 Å². The summed E-state index contributed by atoms with van der Waals surface area (Å²) in [7, 11) is 0. The zero-order valence-corrected chi connectivity index (χ0v) is 18.3. The lowest BCUT2D eigenvalue weighted by molar-refractivity contribution is 0.134. The Bertz CT molecular complexity index is 561. The van der Waals surface area contributed by atoms with Gasteiger partial charge in [0.1, 0.15) is 0 Å². The van der Waals surface area contributed by atoms with Crippen molar-refractivity contribution < 1.29 is 4.74 Å². The van der Waals surface area contributed by atoms with E-state index in [1.165, 1.54) is 5.56 Å².